The minimum absolute atomic E-state index is 0.320. The highest BCUT2D eigenvalue weighted by molar-refractivity contribution is 5.86. The Hall–Kier alpha value is -1.83. The number of aliphatic carboxylic acids is 1. The summed E-state index contributed by atoms with van der Waals surface area (Å²) in [6.07, 6.45) is 1.61. The van der Waals surface area contributed by atoms with Crippen molar-refractivity contribution < 1.29 is 24.6 Å². The Bertz CT molecular complexity index is 381. The van der Waals surface area contributed by atoms with E-state index in [4.69, 9.17) is 10.8 Å². The summed E-state index contributed by atoms with van der Waals surface area (Å²) >= 11 is 0. The standard InChI is InChI=1S/C12H21N3O5/c1-12(20)3-2-5-14(6-4-12)11(19)15(7-9(13)16)8-10(17)18/h20H,2-8H2,1H3,(H2,13,16)(H,17,18). The van der Waals surface area contributed by atoms with Crippen LogP contribution in [0.1, 0.15) is 26.2 Å². The van der Waals surface area contributed by atoms with Crippen LogP contribution >= 0.6 is 0 Å². The lowest BCUT2D eigenvalue weighted by Gasteiger charge is -2.28. The number of amides is 3. The van der Waals surface area contributed by atoms with Gasteiger partial charge in [0, 0.05) is 13.1 Å². The number of hydrogen-bond donors (Lipinski definition) is 3. The molecule has 0 saturated carbocycles. The van der Waals surface area contributed by atoms with Crippen molar-refractivity contribution in [1.29, 1.82) is 0 Å². The van der Waals surface area contributed by atoms with Gasteiger partial charge in [0.05, 0.1) is 5.60 Å². The molecule has 8 nitrogen and oxygen atoms in total. The van der Waals surface area contributed by atoms with E-state index < -0.39 is 36.6 Å². The zero-order chi connectivity index (χ0) is 15.3. The fraction of sp³-hybridized carbons (Fsp3) is 0.750. The van der Waals surface area contributed by atoms with Crippen LogP contribution in [0.2, 0.25) is 0 Å². The molecule has 0 aliphatic carbocycles. The quantitative estimate of drug-likeness (QED) is 0.625. The monoisotopic (exact) mass is 287 g/mol. The molecule has 114 valence electrons. The maximum absolute atomic E-state index is 12.2. The average Bonchev–Trinajstić information content (AvgIpc) is 2.47. The number of nitrogens with two attached hydrogens (primary N) is 1. The van der Waals surface area contributed by atoms with Gasteiger partial charge in [-0.15, -0.1) is 0 Å². The summed E-state index contributed by atoms with van der Waals surface area (Å²) < 4.78 is 0. The molecule has 0 bridgehead atoms. The summed E-state index contributed by atoms with van der Waals surface area (Å²) in [7, 11) is 0. The van der Waals surface area contributed by atoms with E-state index in [1.54, 1.807) is 6.92 Å². The second-order valence-electron chi connectivity index (χ2n) is 5.34. The number of primary amides is 1. The molecular formula is C12H21N3O5. The highest BCUT2D eigenvalue weighted by Gasteiger charge is 2.30. The van der Waals surface area contributed by atoms with Crippen molar-refractivity contribution >= 4 is 17.9 Å². The lowest BCUT2D eigenvalue weighted by Crippen LogP contribution is -2.49. The van der Waals surface area contributed by atoms with Crippen LogP contribution in [0.3, 0.4) is 0 Å². The largest absolute Gasteiger partial charge is 0.480 e. The molecule has 0 spiro atoms. The van der Waals surface area contributed by atoms with Crippen LogP contribution in [-0.4, -0.2) is 69.7 Å². The van der Waals surface area contributed by atoms with Gasteiger partial charge in [-0.1, -0.05) is 0 Å². The average molecular weight is 287 g/mol. The first kappa shape index (κ1) is 16.2. The first-order valence-corrected chi connectivity index (χ1v) is 6.47. The van der Waals surface area contributed by atoms with Crippen LogP contribution < -0.4 is 5.73 Å². The number of rotatable bonds is 4. The molecule has 20 heavy (non-hydrogen) atoms. The lowest BCUT2D eigenvalue weighted by atomic mass is 9.98. The van der Waals surface area contributed by atoms with Crippen LogP contribution in [0.15, 0.2) is 0 Å². The van der Waals surface area contributed by atoms with Crippen molar-refractivity contribution in [1.82, 2.24) is 9.80 Å². The maximum atomic E-state index is 12.2. The maximum Gasteiger partial charge on any atom is 0.323 e. The predicted octanol–water partition coefficient (Wildman–Crippen LogP) is -0.785. The molecule has 3 amide bonds. The Morgan fingerprint density at radius 2 is 1.90 bits per heavy atom. The van der Waals surface area contributed by atoms with Gasteiger partial charge in [0.1, 0.15) is 13.1 Å². The van der Waals surface area contributed by atoms with Gasteiger partial charge in [-0.2, -0.15) is 0 Å². The number of nitrogens with zero attached hydrogens (tertiary/aromatic N) is 2. The number of likely N-dealkylation sites (tertiary alicyclic amines) is 1. The lowest BCUT2D eigenvalue weighted by molar-refractivity contribution is -0.138. The summed E-state index contributed by atoms with van der Waals surface area (Å²) in [5, 5.41) is 18.7. The summed E-state index contributed by atoms with van der Waals surface area (Å²) in [4.78, 5) is 36.3. The topological polar surface area (TPSA) is 124 Å². The van der Waals surface area contributed by atoms with Gasteiger partial charge in [-0.05, 0) is 26.2 Å². The molecule has 1 unspecified atom stereocenters. The number of aliphatic hydroxyl groups is 1. The number of urea groups is 1. The van der Waals surface area contributed by atoms with E-state index in [0.29, 0.717) is 32.4 Å². The Morgan fingerprint density at radius 3 is 2.45 bits per heavy atom. The van der Waals surface area contributed by atoms with E-state index >= 15 is 0 Å². The molecule has 4 N–H and O–H groups in total. The van der Waals surface area contributed by atoms with Crippen LogP contribution in [0.4, 0.5) is 4.79 Å². The molecule has 1 fully saturated rings. The van der Waals surface area contributed by atoms with Gasteiger partial charge >= 0.3 is 12.0 Å². The first-order chi connectivity index (χ1) is 9.21. The van der Waals surface area contributed by atoms with Gasteiger partial charge in [-0.3, -0.25) is 9.59 Å². The summed E-state index contributed by atoms with van der Waals surface area (Å²) in [5.74, 6) is -1.97. The molecule has 8 heteroatoms. The van der Waals surface area contributed by atoms with Gasteiger partial charge in [0.2, 0.25) is 5.91 Å². The van der Waals surface area contributed by atoms with Gasteiger partial charge in [0.25, 0.3) is 0 Å². The molecule has 1 aliphatic heterocycles. The molecule has 0 aromatic rings. The van der Waals surface area contributed by atoms with E-state index in [-0.39, 0.29) is 0 Å². The smallest absolute Gasteiger partial charge is 0.323 e. The fourth-order valence-electron chi connectivity index (χ4n) is 2.20. The van der Waals surface area contributed by atoms with E-state index in [9.17, 15) is 19.5 Å². The molecule has 1 rings (SSSR count). The third kappa shape index (κ3) is 5.04. The van der Waals surface area contributed by atoms with Crippen molar-refractivity contribution in [3.63, 3.8) is 0 Å². The van der Waals surface area contributed by atoms with E-state index in [1.165, 1.54) is 4.90 Å². The van der Waals surface area contributed by atoms with Crippen molar-refractivity contribution in [3.05, 3.63) is 0 Å². The zero-order valence-corrected chi connectivity index (χ0v) is 11.5. The van der Waals surface area contributed by atoms with Crippen molar-refractivity contribution in [2.24, 2.45) is 5.73 Å². The second kappa shape index (κ2) is 6.56. The molecule has 0 aromatic heterocycles. The Labute approximate surface area is 117 Å². The second-order valence-corrected chi connectivity index (χ2v) is 5.34. The fourth-order valence-corrected chi connectivity index (χ4v) is 2.20. The van der Waals surface area contributed by atoms with Crippen LogP contribution in [0.25, 0.3) is 0 Å². The third-order valence-corrected chi connectivity index (χ3v) is 3.28. The number of carboxylic acid groups (broad SMARTS) is 1. The molecule has 1 heterocycles. The predicted molar refractivity (Wildman–Crippen MR) is 69.8 cm³/mol. The third-order valence-electron chi connectivity index (χ3n) is 3.28. The molecule has 0 radical (unpaired) electrons. The Balaban J connectivity index is 2.72. The van der Waals surface area contributed by atoms with E-state index in [1.807, 2.05) is 0 Å². The SMILES string of the molecule is CC1(O)CCCN(C(=O)N(CC(N)=O)CC(=O)O)CC1. The van der Waals surface area contributed by atoms with Crippen LogP contribution in [0, 0.1) is 0 Å². The van der Waals surface area contributed by atoms with E-state index in [0.717, 1.165) is 4.90 Å². The number of carbonyl (C=O) groups excluding carboxylic acids is 2. The number of hydrogen-bond acceptors (Lipinski definition) is 4. The summed E-state index contributed by atoms with van der Waals surface area (Å²) in [5.41, 5.74) is 4.20. The highest BCUT2D eigenvalue weighted by atomic mass is 16.4. The van der Waals surface area contributed by atoms with E-state index in [2.05, 4.69) is 0 Å². The number of carboxylic acids is 1. The first-order valence-electron chi connectivity index (χ1n) is 6.47. The molecular weight excluding hydrogens is 266 g/mol. The molecule has 1 aliphatic rings. The Morgan fingerprint density at radius 1 is 1.25 bits per heavy atom. The minimum Gasteiger partial charge on any atom is -0.480 e. The number of carbonyl (C=O) groups is 3. The molecule has 1 atom stereocenters. The van der Waals surface area contributed by atoms with Gasteiger partial charge < -0.3 is 25.7 Å². The van der Waals surface area contributed by atoms with Gasteiger partial charge in [-0.25, -0.2) is 4.79 Å². The minimum atomic E-state index is -1.21. The van der Waals surface area contributed by atoms with Crippen molar-refractivity contribution in [2.75, 3.05) is 26.2 Å². The van der Waals surface area contributed by atoms with Crippen LogP contribution in [-0.2, 0) is 9.59 Å². The Kier molecular flexibility index (Phi) is 5.32. The van der Waals surface area contributed by atoms with Crippen LogP contribution in [0.5, 0.6) is 0 Å². The van der Waals surface area contributed by atoms with Gasteiger partial charge in [0.15, 0.2) is 0 Å². The van der Waals surface area contributed by atoms with Crippen molar-refractivity contribution in [3.8, 4) is 0 Å². The zero-order valence-electron chi connectivity index (χ0n) is 11.5. The molecule has 0 aromatic carbocycles. The normalized spacial score (nSPS) is 23.0. The summed E-state index contributed by atoms with van der Waals surface area (Å²) in [6, 6.07) is -0.538. The highest BCUT2D eigenvalue weighted by Crippen LogP contribution is 2.21. The molecule has 1 saturated heterocycles. The van der Waals surface area contributed by atoms with Crippen molar-refractivity contribution in [2.45, 2.75) is 31.8 Å². The summed E-state index contributed by atoms with van der Waals surface area (Å²) in [6.45, 7) is 1.44.